The van der Waals surface area contributed by atoms with Crippen LogP contribution in [0.3, 0.4) is 0 Å². The van der Waals surface area contributed by atoms with Crippen molar-refractivity contribution in [3.63, 3.8) is 0 Å². The van der Waals surface area contributed by atoms with E-state index in [1.54, 1.807) is 6.92 Å². The van der Waals surface area contributed by atoms with Gasteiger partial charge in [0.05, 0.1) is 12.5 Å². The van der Waals surface area contributed by atoms with Gasteiger partial charge in [-0.1, -0.05) is 39.3 Å². The lowest BCUT2D eigenvalue weighted by Gasteiger charge is -2.23. The number of carbonyl (C=O) groups is 1. The Morgan fingerprint density at radius 2 is 1.93 bits per heavy atom. The Hall–Kier alpha value is -2.76. The van der Waals surface area contributed by atoms with Crippen molar-refractivity contribution in [2.45, 2.75) is 52.4 Å². The van der Waals surface area contributed by atoms with Crippen molar-refractivity contribution in [1.82, 2.24) is 4.98 Å². The molecule has 2 aromatic rings. The molecule has 1 aliphatic rings. The van der Waals surface area contributed by atoms with Crippen molar-refractivity contribution < 1.29 is 19.0 Å². The summed E-state index contributed by atoms with van der Waals surface area (Å²) in [6, 6.07) is 9.32. The highest BCUT2D eigenvalue weighted by Crippen LogP contribution is 2.38. The molecule has 3 rings (SSSR count). The largest absolute Gasteiger partial charge is 0.465 e. The van der Waals surface area contributed by atoms with Crippen LogP contribution in [0.5, 0.6) is 11.5 Å². The van der Waals surface area contributed by atoms with Crippen LogP contribution in [0, 0.1) is 5.92 Å². The number of aryl methyl sites for hydroxylation is 1. The minimum Gasteiger partial charge on any atom is -0.465 e. The average Bonchev–Trinajstić information content (AvgIpc) is 3.19. The van der Waals surface area contributed by atoms with Crippen LogP contribution in [0.2, 0.25) is 0 Å². The van der Waals surface area contributed by atoms with E-state index in [-0.39, 0.29) is 18.3 Å². The molecular weight excluding hydrogens is 370 g/mol. The number of fused-ring (bicyclic) bond motifs is 1. The lowest BCUT2D eigenvalue weighted by molar-refractivity contribution is -0.148. The Morgan fingerprint density at radius 1 is 1.14 bits per heavy atom. The van der Waals surface area contributed by atoms with Gasteiger partial charge < -0.3 is 19.2 Å². The number of H-pyrrole nitrogens is 1. The van der Waals surface area contributed by atoms with E-state index < -0.39 is 11.8 Å². The van der Waals surface area contributed by atoms with E-state index in [9.17, 15) is 9.59 Å². The van der Waals surface area contributed by atoms with Crippen LogP contribution in [-0.4, -0.2) is 24.4 Å². The molecule has 1 unspecified atom stereocenters. The second kappa shape index (κ2) is 9.63. The van der Waals surface area contributed by atoms with Crippen LogP contribution in [0.15, 0.2) is 35.1 Å². The standard InChI is InChI=1S/C23H29NO5/c1-4-6-7-17-9-10-18(22(25)24-17)21(15(3)23(26)27-12-5-2)16-8-11-19-20(13-16)29-14-28-19/h8-11,13,15,21H,4-7,12,14H2,1-3H3,(H,24,25)/t15?,21-/m0/s1. The van der Waals surface area contributed by atoms with Crippen molar-refractivity contribution in [3.05, 3.63) is 57.5 Å². The Labute approximate surface area is 171 Å². The minimum atomic E-state index is -0.524. The van der Waals surface area contributed by atoms with Crippen LogP contribution in [0.25, 0.3) is 0 Å². The molecule has 2 heterocycles. The van der Waals surface area contributed by atoms with Gasteiger partial charge in [0.15, 0.2) is 11.5 Å². The van der Waals surface area contributed by atoms with Crippen molar-refractivity contribution in [2.75, 3.05) is 13.4 Å². The van der Waals surface area contributed by atoms with Gasteiger partial charge in [0.1, 0.15) is 0 Å². The molecule has 0 saturated carbocycles. The second-order valence-corrected chi connectivity index (χ2v) is 7.42. The maximum Gasteiger partial charge on any atom is 0.309 e. The molecule has 1 N–H and O–H groups in total. The van der Waals surface area contributed by atoms with Crippen molar-refractivity contribution >= 4 is 5.97 Å². The lowest BCUT2D eigenvalue weighted by atomic mass is 9.82. The van der Waals surface area contributed by atoms with E-state index in [1.807, 2.05) is 37.3 Å². The zero-order valence-electron chi connectivity index (χ0n) is 17.3. The summed E-state index contributed by atoms with van der Waals surface area (Å²) in [7, 11) is 0. The third-order valence-electron chi connectivity index (χ3n) is 5.21. The molecule has 0 spiro atoms. The maximum absolute atomic E-state index is 12.9. The monoisotopic (exact) mass is 399 g/mol. The fourth-order valence-corrected chi connectivity index (χ4v) is 3.60. The smallest absolute Gasteiger partial charge is 0.309 e. The third-order valence-corrected chi connectivity index (χ3v) is 5.21. The van der Waals surface area contributed by atoms with Gasteiger partial charge in [-0.05, 0) is 43.0 Å². The highest BCUT2D eigenvalue weighted by molar-refractivity contribution is 5.74. The van der Waals surface area contributed by atoms with E-state index in [1.165, 1.54) is 0 Å². The van der Waals surface area contributed by atoms with Gasteiger partial charge >= 0.3 is 5.97 Å². The van der Waals surface area contributed by atoms with Gasteiger partial charge in [0.2, 0.25) is 6.79 Å². The minimum absolute atomic E-state index is 0.170. The molecule has 6 heteroatoms. The zero-order valence-corrected chi connectivity index (χ0v) is 17.3. The molecule has 29 heavy (non-hydrogen) atoms. The maximum atomic E-state index is 12.9. The number of carbonyl (C=O) groups excluding carboxylic acids is 1. The van der Waals surface area contributed by atoms with E-state index in [0.29, 0.717) is 23.7 Å². The second-order valence-electron chi connectivity index (χ2n) is 7.42. The molecule has 1 aliphatic heterocycles. The fourth-order valence-electron chi connectivity index (χ4n) is 3.60. The summed E-state index contributed by atoms with van der Waals surface area (Å²) in [6.45, 7) is 6.41. The van der Waals surface area contributed by atoms with Gasteiger partial charge in [0, 0.05) is 17.2 Å². The highest BCUT2D eigenvalue weighted by atomic mass is 16.7. The summed E-state index contributed by atoms with van der Waals surface area (Å²) in [5, 5.41) is 0. The van der Waals surface area contributed by atoms with Crippen LogP contribution >= 0.6 is 0 Å². The predicted octanol–water partition coefficient (Wildman–Crippen LogP) is 4.17. The van der Waals surface area contributed by atoms with E-state index in [4.69, 9.17) is 14.2 Å². The third kappa shape index (κ3) is 4.81. The number of rotatable bonds is 9. The number of hydrogen-bond donors (Lipinski definition) is 1. The SMILES string of the molecule is CCCCc1ccc([C@H](c2ccc3c(c2)OCO3)C(C)C(=O)OCCC)c(=O)[nH]1. The number of benzene rings is 1. The topological polar surface area (TPSA) is 77.6 Å². The number of aromatic nitrogens is 1. The van der Waals surface area contributed by atoms with Crippen LogP contribution < -0.4 is 15.0 Å². The summed E-state index contributed by atoms with van der Waals surface area (Å²) in [6.07, 6.45) is 3.65. The molecular formula is C23H29NO5. The van der Waals surface area contributed by atoms with Gasteiger partial charge in [0.25, 0.3) is 5.56 Å². The van der Waals surface area contributed by atoms with E-state index in [2.05, 4.69) is 11.9 Å². The van der Waals surface area contributed by atoms with Gasteiger partial charge in [-0.25, -0.2) is 0 Å². The average molecular weight is 399 g/mol. The molecule has 0 bridgehead atoms. The first-order chi connectivity index (χ1) is 14.0. The molecule has 6 nitrogen and oxygen atoms in total. The molecule has 1 aromatic carbocycles. The molecule has 0 amide bonds. The molecule has 1 aromatic heterocycles. The van der Waals surface area contributed by atoms with E-state index in [0.717, 1.165) is 36.9 Å². The number of hydrogen-bond acceptors (Lipinski definition) is 5. The van der Waals surface area contributed by atoms with Crippen LogP contribution in [0.1, 0.15) is 62.8 Å². The first-order valence-electron chi connectivity index (χ1n) is 10.3. The molecule has 0 saturated heterocycles. The predicted molar refractivity (Wildman–Crippen MR) is 110 cm³/mol. The van der Waals surface area contributed by atoms with Gasteiger partial charge in [-0.2, -0.15) is 0 Å². The van der Waals surface area contributed by atoms with Crippen molar-refractivity contribution in [3.8, 4) is 11.5 Å². The molecule has 156 valence electrons. The van der Waals surface area contributed by atoms with Crippen LogP contribution in [-0.2, 0) is 16.0 Å². The summed E-state index contributed by atoms with van der Waals surface area (Å²) in [5.41, 5.74) is 2.11. The van der Waals surface area contributed by atoms with E-state index >= 15 is 0 Å². The summed E-state index contributed by atoms with van der Waals surface area (Å²) >= 11 is 0. The quantitative estimate of drug-likeness (QED) is 0.641. The summed E-state index contributed by atoms with van der Waals surface area (Å²) < 4.78 is 16.3. The first-order valence-corrected chi connectivity index (χ1v) is 10.3. The molecule has 0 aliphatic carbocycles. The molecule has 2 atom stereocenters. The molecule has 0 fully saturated rings. The highest BCUT2D eigenvalue weighted by Gasteiger charge is 2.31. The normalized spacial score (nSPS) is 14.4. The summed E-state index contributed by atoms with van der Waals surface area (Å²) in [5.74, 6) is 0.00137. The number of ether oxygens (including phenoxy) is 3. The number of esters is 1. The Balaban J connectivity index is 1.99. The van der Waals surface area contributed by atoms with Crippen molar-refractivity contribution in [2.24, 2.45) is 5.92 Å². The Bertz CT molecular complexity index is 904. The van der Waals surface area contributed by atoms with Crippen molar-refractivity contribution in [1.29, 1.82) is 0 Å². The number of unbranched alkanes of at least 4 members (excludes halogenated alkanes) is 1. The molecule has 0 radical (unpaired) electrons. The summed E-state index contributed by atoms with van der Waals surface area (Å²) in [4.78, 5) is 28.6. The zero-order chi connectivity index (χ0) is 20.8. The Morgan fingerprint density at radius 3 is 2.66 bits per heavy atom. The number of pyridine rings is 1. The van der Waals surface area contributed by atoms with Crippen LogP contribution in [0.4, 0.5) is 0 Å². The van der Waals surface area contributed by atoms with Gasteiger partial charge in [-0.15, -0.1) is 0 Å². The number of aromatic amines is 1. The number of nitrogens with one attached hydrogen (secondary N) is 1. The first kappa shape index (κ1) is 21.0. The Kier molecular flexibility index (Phi) is 6.96. The van der Waals surface area contributed by atoms with Gasteiger partial charge in [-0.3, -0.25) is 9.59 Å². The lowest BCUT2D eigenvalue weighted by Crippen LogP contribution is -2.28. The fraction of sp³-hybridized carbons (Fsp3) is 0.478.